The molecule has 2 aromatic carbocycles. The van der Waals surface area contributed by atoms with Crippen molar-refractivity contribution in [3.05, 3.63) is 60.7 Å². The molecule has 0 radical (unpaired) electrons. The SMILES string of the molecule is C[Si](C)(CCCOC(=O)Nc1ccccc1)O[Si](C)(C)O[Si](C)(C)CCCOC(=O)Nc1ccccc1. The maximum atomic E-state index is 12.0. The molecule has 0 saturated carbocycles. The van der Waals surface area contributed by atoms with E-state index in [-0.39, 0.29) is 0 Å². The van der Waals surface area contributed by atoms with Crippen LogP contribution in [0.15, 0.2) is 60.7 Å². The summed E-state index contributed by atoms with van der Waals surface area (Å²) in [7, 11) is -6.37. The molecule has 2 aromatic rings. The van der Waals surface area contributed by atoms with Crippen LogP contribution < -0.4 is 10.6 Å². The van der Waals surface area contributed by atoms with Crippen LogP contribution in [0.4, 0.5) is 21.0 Å². The molecule has 0 atom stereocenters. The fourth-order valence-electron chi connectivity index (χ4n) is 4.13. The van der Waals surface area contributed by atoms with Gasteiger partial charge in [-0.1, -0.05) is 36.4 Å². The third-order valence-electron chi connectivity index (χ3n) is 5.40. The Hall–Kier alpha value is -2.45. The molecule has 0 unspecified atom stereocenters. The Kier molecular flexibility index (Phi) is 12.0. The summed E-state index contributed by atoms with van der Waals surface area (Å²) >= 11 is 0. The van der Waals surface area contributed by atoms with E-state index in [1.54, 1.807) is 0 Å². The number of amides is 2. The van der Waals surface area contributed by atoms with Crippen molar-refractivity contribution in [3.63, 3.8) is 0 Å². The Morgan fingerprint density at radius 1 is 0.622 bits per heavy atom. The van der Waals surface area contributed by atoms with E-state index < -0.39 is 37.4 Å². The Bertz CT molecular complexity index is 897. The molecule has 0 saturated heterocycles. The molecule has 37 heavy (non-hydrogen) atoms. The van der Waals surface area contributed by atoms with Crippen molar-refractivity contribution in [3.8, 4) is 0 Å². The fourth-order valence-corrected chi connectivity index (χ4v) is 18.1. The highest BCUT2D eigenvalue weighted by Gasteiger charge is 2.39. The molecule has 2 rings (SSSR count). The Labute approximate surface area is 224 Å². The zero-order valence-corrected chi connectivity index (χ0v) is 26.0. The molecular weight excluding hydrogens is 521 g/mol. The van der Waals surface area contributed by atoms with Gasteiger partial charge in [0.2, 0.25) is 0 Å². The van der Waals surface area contributed by atoms with Gasteiger partial charge in [0, 0.05) is 11.4 Å². The summed E-state index contributed by atoms with van der Waals surface area (Å²) in [5, 5.41) is 5.44. The molecule has 2 amide bonds. The summed E-state index contributed by atoms with van der Waals surface area (Å²) in [6.07, 6.45) is 0.599. The van der Waals surface area contributed by atoms with E-state index >= 15 is 0 Å². The van der Waals surface area contributed by atoms with Crippen molar-refractivity contribution in [2.45, 2.75) is 64.2 Å². The van der Waals surface area contributed by atoms with Crippen LogP contribution in [0.25, 0.3) is 0 Å². The third-order valence-corrected chi connectivity index (χ3v) is 16.9. The second-order valence-electron chi connectivity index (χ2n) is 10.6. The molecule has 0 bridgehead atoms. The number of anilines is 2. The van der Waals surface area contributed by atoms with E-state index in [2.05, 4.69) is 49.9 Å². The minimum atomic E-state index is -2.36. The van der Waals surface area contributed by atoms with Crippen LogP contribution in [0.1, 0.15) is 12.8 Å². The van der Waals surface area contributed by atoms with Crippen LogP contribution >= 0.6 is 0 Å². The van der Waals surface area contributed by atoms with E-state index in [1.807, 2.05) is 60.7 Å². The average molecular weight is 563 g/mol. The summed E-state index contributed by atoms with van der Waals surface area (Å²) in [6.45, 7) is 13.6. The molecular formula is C26H42N2O6Si3. The predicted octanol–water partition coefficient (Wildman–Crippen LogP) is 7.41. The second kappa shape index (κ2) is 14.5. The van der Waals surface area contributed by atoms with Crippen LogP contribution in [0.3, 0.4) is 0 Å². The van der Waals surface area contributed by atoms with E-state index in [0.29, 0.717) is 24.6 Å². The third kappa shape index (κ3) is 13.6. The van der Waals surface area contributed by atoms with Gasteiger partial charge >= 0.3 is 20.7 Å². The number of carbonyl (C=O) groups excluding carboxylic acids is 2. The summed E-state index contributed by atoms with van der Waals surface area (Å²) in [5.41, 5.74) is 1.42. The van der Waals surface area contributed by atoms with Crippen molar-refractivity contribution < 1.29 is 27.3 Å². The Morgan fingerprint density at radius 3 is 1.32 bits per heavy atom. The highest BCUT2D eigenvalue weighted by atomic mass is 28.5. The quantitative estimate of drug-likeness (QED) is 0.184. The molecule has 204 valence electrons. The van der Waals surface area contributed by atoms with Crippen molar-refractivity contribution >= 4 is 48.8 Å². The lowest BCUT2D eigenvalue weighted by atomic mass is 10.3. The number of nitrogens with one attached hydrogen (secondary N) is 2. The molecule has 0 fully saturated rings. The van der Waals surface area contributed by atoms with Crippen LogP contribution in [-0.2, 0) is 17.7 Å². The van der Waals surface area contributed by atoms with Gasteiger partial charge in [-0.2, -0.15) is 0 Å². The Morgan fingerprint density at radius 2 is 0.973 bits per heavy atom. The van der Waals surface area contributed by atoms with Crippen LogP contribution in [0.2, 0.25) is 51.4 Å². The number of para-hydroxylation sites is 2. The lowest BCUT2D eigenvalue weighted by Gasteiger charge is -2.38. The monoisotopic (exact) mass is 562 g/mol. The first-order valence-corrected chi connectivity index (χ1v) is 21.8. The molecule has 0 heterocycles. The summed E-state index contributed by atoms with van der Waals surface area (Å²) in [4.78, 5) is 23.9. The first-order chi connectivity index (χ1) is 17.4. The highest BCUT2D eigenvalue weighted by Crippen LogP contribution is 2.26. The topological polar surface area (TPSA) is 95.1 Å². The molecule has 11 heteroatoms. The summed E-state index contributed by atoms with van der Waals surface area (Å²) < 4.78 is 23.9. The molecule has 0 aliphatic carbocycles. The van der Waals surface area contributed by atoms with E-state index in [4.69, 9.17) is 17.7 Å². The van der Waals surface area contributed by atoms with Gasteiger partial charge in [-0.15, -0.1) is 0 Å². The standard InChI is InChI=1S/C26H42N2O6Si3/c1-35(2,21-13-19-31-25(29)27-23-15-9-7-10-16-23)33-37(5,6)34-36(3,4)22-14-20-32-26(30)28-24-17-11-8-12-18-24/h7-12,15-18H,13-14,19-22H2,1-6H3,(H,27,29)(H,28,30). The molecule has 0 aromatic heterocycles. The molecule has 0 aliphatic rings. The minimum absolute atomic E-state index is 0.347. The van der Waals surface area contributed by atoms with Crippen LogP contribution in [0, 0.1) is 0 Å². The molecule has 2 N–H and O–H groups in total. The first-order valence-electron chi connectivity index (χ1n) is 12.7. The maximum Gasteiger partial charge on any atom is 0.411 e. The molecule has 8 nitrogen and oxygen atoms in total. The average Bonchev–Trinajstić information content (AvgIpc) is 2.79. The normalized spacial score (nSPS) is 12.1. The van der Waals surface area contributed by atoms with Crippen molar-refractivity contribution in [1.29, 1.82) is 0 Å². The molecule has 0 aliphatic heterocycles. The Balaban J connectivity index is 1.66. The lowest BCUT2D eigenvalue weighted by Crippen LogP contribution is -2.52. The van der Waals surface area contributed by atoms with Gasteiger partial charge in [-0.3, -0.25) is 10.6 Å². The van der Waals surface area contributed by atoms with E-state index in [1.165, 1.54) is 0 Å². The van der Waals surface area contributed by atoms with Gasteiger partial charge in [0.05, 0.1) is 13.2 Å². The van der Waals surface area contributed by atoms with Crippen molar-refractivity contribution in [2.24, 2.45) is 0 Å². The summed E-state index contributed by atoms with van der Waals surface area (Å²) in [6, 6.07) is 20.2. The molecule has 0 spiro atoms. The number of hydrogen-bond donors (Lipinski definition) is 2. The van der Waals surface area contributed by atoms with E-state index in [9.17, 15) is 9.59 Å². The summed E-state index contributed by atoms with van der Waals surface area (Å²) in [5.74, 6) is 0. The van der Waals surface area contributed by atoms with Crippen molar-refractivity contribution in [2.75, 3.05) is 23.8 Å². The second-order valence-corrected chi connectivity index (χ2v) is 23.1. The fraction of sp³-hybridized carbons (Fsp3) is 0.462. The van der Waals surface area contributed by atoms with Crippen LogP contribution in [0.5, 0.6) is 0 Å². The predicted molar refractivity (Wildman–Crippen MR) is 156 cm³/mol. The maximum absolute atomic E-state index is 12.0. The van der Waals surface area contributed by atoms with Gasteiger partial charge in [0.1, 0.15) is 0 Å². The zero-order chi connectivity index (χ0) is 27.4. The number of hydrogen-bond acceptors (Lipinski definition) is 6. The number of benzene rings is 2. The van der Waals surface area contributed by atoms with Gasteiger partial charge in [-0.05, 0) is 88.5 Å². The highest BCUT2D eigenvalue weighted by molar-refractivity contribution is 6.87. The lowest BCUT2D eigenvalue weighted by molar-refractivity contribution is 0.160. The van der Waals surface area contributed by atoms with Gasteiger partial charge in [-0.25, -0.2) is 9.59 Å². The van der Waals surface area contributed by atoms with Gasteiger partial charge < -0.3 is 17.7 Å². The number of carbonyl (C=O) groups is 2. The smallest absolute Gasteiger partial charge is 0.411 e. The largest absolute Gasteiger partial charge is 0.449 e. The van der Waals surface area contributed by atoms with E-state index in [0.717, 1.165) is 24.9 Å². The van der Waals surface area contributed by atoms with Crippen LogP contribution in [-0.4, -0.2) is 50.6 Å². The number of rotatable bonds is 14. The van der Waals surface area contributed by atoms with Gasteiger partial charge in [0.15, 0.2) is 16.6 Å². The van der Waals surface area contributed by atoms with Crippen molar-refractivity contribution in [1.82, 2.24) is 0 Å². The number of ether oxygens (including phenoxy) is 2. The van der Waals surface area contributed by atoms with Gasteiger partial charge in [0.25, 0.3) is 0 Å². The zero-order valence-electron chi connectivity index (χ0n) is 23.0. The first kappa shape index (κ1) is 30.8. The minimum Gasteiger partial charge on any atom is -0.449 e.